The number of rotatable bonds is 6. The SMILES string of the molecule is OCc1ccc(CCNc2ccc3nnc(-c4ccccc4F)n3n2)cc1. The second-order valence-corrected chi connectivity index (χ2v) is 6.14. The molecular formula is C20H18FN5O. The summed E-state index contributed by atoms with van der Waals surface area (Å²) in [6, 6.07) is 17.9. The lowest BCUT2D eigenvalue weighted by Gasteiger charge is -2.07. The van der Waals surface area contributed by atoms with Crippen LogP contribution in [0.1, 0.15) is 11.1 Å². The maximum Gasteiger partial charge on any atom is 0.188 e. The summed E-state index contributed by atoms with van der Waals surface area (Å²) in [5.41, 5.74) is 2.97. The Hall–Kier alpha value is -3.32. The molecule has 2 heterocycles. The van der Waals surface area contributed by atoms with Crippen LogP contribution in [0.2, 0.25) is 0 Å². The molecule has 0 bridgehead atoms. The summed E-state index contributed by atoms with van der Waals surface area (Å²) in [5.74, 6) is 0.663. The second-order valence-electron chi connectivity index (χ2n) is 6.14. The van der Waals surface area contributed by atoms with E-state index in [1.165, 1.54) is 10.6 Å². The van der Waals surface area contributed by atoms with Gasteiger partial charge in [-0.15, -0.1) is 15.3 Å². The first-order chi connectivity index (χ1) is 13.2. The first kappa shape index (κ1) is 17.1. The minimum absolute atomic E-state index is 0.0474. The van der Waals surface area contributed by atoms with Crippen LogP contribution < -0.4 is 5.32 Å². The molecule has 0 spiro atoms. The van der Waals surface area contributed by atoms with E-state index in [0.29, 0.717) is 29.4 Å². The zero-order valence-electron chi connectivity index (χ0n) is 14.5. The Morgan fingerprint density at radius 1 is 0.926 bits per heavy atom. The number of benzene rings is 2. The minimum Gasteiger partial charge on any atom is -0.392 e. The van der Waals surface area contributed by atoms with Crippen LogP contribution in [0.15, 0.2) is 60.7 Å². The predicted octanol–water partition coefficient (Wildman–Crippen LogP) is 3.08. The van der Waals surface area contributed by atoms with Gasteiger partial charge in [-0.05, 0) is 41.8 Å². The fourth-order valence-corrected chi connectivity index (χ4v) is 2.84. The highest BCUT2D eigenvalue weighted by molar-refractivity contribution is 5.60. The van der Waals surface area contributed by atoms with E-state index in [9.17, 15) is 4.39 Å². The summed E-state index contributed by atoms with van der Waals surface area (Å²) in [4.78, 5) is 0. The number of aromatic nitrogens is 4. The van der Waals surface area contributed by atoms with E-state index in [1.807, 2.05) is 30.3 Å². The number of nitrogens with zero attached hydrogens (tertiary/aromatic N) is 4. The highest BCUT2D eigenvalue weighted by atomic mass is 19.1. The van der Waals surface area contributed by atoms with Crippen LogP contribution in [0.3, 0.4) is 0 Å². The molecule has 0 aliphatic rings. The third-order valence-corrected chi connectivity index (χ3v) is 4.30. The van der Waals surface area contributed by atoms with Gasteiger partial charge in [0, 0.05) is 6.54 Å². The lowest BCUT2D eigenvalue weighted by Crippen LogP contribution is -2.08. The Morgan fingerprint density at radius 2 is 1.70 bits per heavy atom. The largest absolute Gasteiger partial charge is 0.392 e. The van der Waals surface area contributed by atoms with Gasteiger partial charge in [0.2, 0.25) is 0 Å². The third kappa shape index (κ3) is 3.63. The van der Waals surface area contributed by atoms with Gasteiger partial charge in [0.1, 0.15) is 11.6 Å². The van der Waals surface area contributed by atoms with Gasteiger partial charge in [-0.2, -0.15) is 4.52 Å². The molecule has 0 amide bonds. The van der Waals surface area contributed by atoms with Gasteiger partial charge in [0.15, 0.2) is 11.5 Å². The molecule has 4 rings (SSSR count). The van der Waals surface area contributed by atoms with Crippen molar-refractivity contribution in [2.45, 2.75) is 13.0 Å². The van der Waals surface area contributed by atoms with E-state index >= 15 is 0 Å². The van der Waals surface area contributed by atoms with Crippen molar-refractivity contribution in [2.24, 2.45) is 0 Å². The quantitative estimate of drug-likeness (QED) is 0.551. The molecule has 4 aromatic rings. The maximum absolute atomic E-state index is 14.1. The maximum atomic E-state index is 14.1. The van der Waals surface area contributed by atoms with Crippen molar-refractivity contribution in [3.05, 3.63) is 77.6 Å². The monoisotopic (exact) mass is 363 g/mol. The van der Waals surface area contributed by atoms with Crippen molar-refractivity contribution in [3.8, 4) is 11.4 Å². The third-order valence-electron chi connectivity index (χ3n) is 4.30. The zero-order chi connectivity index (χ0) is 18.6. The van der Waals surface area contributed by atoms with Crippen molar-refractivity contribution in [3.63, 3.8) is 0 Å². The standard InChI is InChI=1S/C20H18FN5O/c21-17-4-2-1-3-16(17)20-24-23-19-10-9-18(25-26(19)20)22-12-11-14-5-7-15(13-27)8-6-14/h1-10,27H,11-13H2,(H,22,25). The fraction of sp³-hybridized carbons (Fsp3) is 0.150. The molecule has 2 N–H and O–H groups in total. The van der Waals surface area contributed by atoms with E-state index in [4.69, 9.17) is 5.11 Å². The van der Waals surface area contributed by atoms with E-state index in [1.54, 1.807) is 24.3 Å². The number of fused-ring (bicyclic) bond motifs is 1. The van der Waals surface area contributed by atoms with Crippen molar-refractivity contribution in [1.82, 2.24) is 19.8 Å². The number of hydrogen-bond acceptors (Lipinski definition) is 5. The van der Waals surface area contributed by atoms with Gasteiger partial charge in [-0.3, -0.25) is 0 Å². The number of halogens is 1. The van der Waals surface area contributed by atoms with Crippen LogP contribution in [0, 0.1) is 5.82 Å². The normalized spacial score (nSPS) is 11.0. The summed E-state index contributed by atoms with van der Waals surface area (Å²) in [6.07, 6.45) is 0.813. The second kappa shape index (κ2) is 7.51. The van der Waals surface area contributed by atoms with E-state index in [-0.39, 0.29) is 12.4 Å². The molecule has 0 aliphatic heterocycles. The molecule has 0 aliphatic carbocycles. The summed E-state index contributed by atoms with van der Waals surface area (Å²) in [6.45, 7) is 0.736. The molecule has 6 nitrogen and oxygen atoms in total. The highest BCUT2D eigenvalue weighted by Crippen LogP contribution is 2.21. The molecule has 27 heavy (non-hydrogen) atoms. The number of nitrogens with one attached hydrogen (secondary N) is 1. The molecule has 7 heteroatoms. The van der Waals surface area contributed by atoms with E-state index in [2.05, 4.69) is 20.6 Å². The molecule has 0 unspecified atom stereocenters. The van der Waals surface area contributed by atoms with Crippen LogP contribution in [-0.2, 0) is 13.0 Å². The first-order valence-electron chi connectivity index (χ1n) is 8.64. The van der Waals surface area contributed by atoms with Gasteiger partial charge < -0.3 is 10.4 Å². The Bertz CT molecular complexity index is 1060. The summed E-state index contributed by atoms with van der Waals surface area (Å²) in [7, 11) is 0. The Morgan fingerprint density at radius 3 is 2.48 bits per heavy atom. The number of aliphatic hydroxyl groups is 1. The molecule has 2 aromatic heterocycles. The van der Waals surface area contributed by atoms with Crippen molar-refractivity contribution in [1.29, 1.82) is 0 Å². The van der Waals surface area contributed by atoms with E-state index < -0.39 is 0 Å². The van der Waals surface area contributed by atoms with E-state index in [0.717, 1.165) is 17.5 Å². The van der Waals surface area contributed by atoms with Gasteiger partial charge in [-0.1, -0.05) is 36.4 Å². The molecule has 0 saturated carbocycles. The van der Waals surface area contributed by atoms with Gasteiger partial charge >= 0.3 is 0 Å². The average Bonchev–Trinajstić information content (AvgIpc) is 3.12. The molecule has 136 valence electrons. The Kier molecular flexibility index (Phi) is 4.76. The van der Waals surface area contributed by atoms with Crippen molar-refractivity contribution in [2.75, 3.05) is 11.9 Å². The molecule has 0 radical (unpaired) electrons. The van der Waals surface area contributed by atoms with Crippen LogP contribution in [-0.4, -0.2) is 31.5 Å². The molecule has 0 fully saturated rings. The summed E-state index contributed by atoms with van der Waals surface area (Å²) < 4.78 is 15.6. The predicted molar refractivity (Wildman–Crippen MR) is 101 cm³/mol. The average molecular weight is 363 g/mol. The smallest absolute Gasteiger partial charge is 0.188 e. The van der Waals surface area contributed by atoms with Crippen molar-refractivity contribution >= 4 is 11.5 Å². The first-order valence-corrected chi connectivity index (χ1v) is 8.64. The molecular weight excluding hydrogens is 345 g/mol. The lowest BCUT2D eigenvalue weighted by molar-refractivity contribution is 0.282. The zero-order valence-corrected chi connectivity index (χ0v) is 14.5. The number of anilines is 1. The minimum atomic E-state index is -0.363. The highest BCUT2D eigenvalue weighted by Gasteiger charge is 2.13. The van der Waals surface area contributed by atoms with Crippen LogP contribution >= 0.6 is 0 Å². The topological polar surface area (TPSA) is 75.3 Å². The molecule has 2 aromatic carbocycles. The number of aliphatic hydroxyl groups excluding tert-OH is 1. The van der Waals surface area contributed by atoms with Gasteiger partial charge in [-0.25, -0.2) is 4.39 Å². The van der Waals surface area contributed by atoms with Gasteiger partial charge in [0.05, 0.1) is 12.2 Å². The van der Waals surface area contributed by atoms with Gasteiger partial charge in [0.25, 0.3) is 0 Å². The Balaban J connectivity index is 1.51. The summed E-state index contributed by atoms with van der Waals surface area (Å²) >= 11 is 0. The fourth-order valence-electron chi connectivity index (χ4n) is 2.84. The number of hydrogen-bond donors (Lipinski definition) is 2. The van der Waals surface area contributed by atoms with Crippen molar-refractivity contribution < 1.29 is 9.50 Å². The summed E-state index contributed by atoms with van der Waals surface area (Å²) in [5, 5.41) is 25.0. The van der Waals surface area contributed by atoms with Crippen LogP contribution in [0.4, 0.5) is 10.2 Å². The Labute approximate surface area is 155 Å². The van der Waals surface area contributed by atoms with Crippen LogP contribution in [0.25, 0.3) is 17.0 Å². The molecule has 0 saturated heterocycles. The van der Waals surface area contributed by atoms with Crippen LogP contribution in [0.5, 0.6) is 0 Å². The molecule has 0 atom stereocenters. The lowest BCUT2D eigenvalue weighted by atomic mass is 10.1.